The minimum absolute atomic E-state index is 0.0371. The van der Waals surface area contributed by atoms with Gasteiger partial charge < -0.3 is 20.2 Å². The van der Waals surface area contributed by atoms with Gasteiger partial charge in [-0.05, 0) is 19.1 Å². The van der Waals surface area contributed by atoms with Crippen LogP contribution in [-0.2, 0) is 4.79 Å². The van der Waals surface area contributed by atoms with Crippen LogP contribution in [0.1, 0.15) is 22.2 Å². The average molecular weight is 309 g/mol. The van der Waals surface area contributed by atoms with Crippen molar-refractivity contribution in [3.8, 4) is 5.75 Å². The van der Waals surface area contributed by atoms with Gasteiger partial charge >= 0.3 is 11.9 Å². The third kappa shape index (κ3) is 2.95. The highest BCUT2D eigenvalue weighted by molar-refractivity contribution is 7.21. The molecule has 0 atom stereocenters. The summed E-state index contributed by atoms with van der Waals surface area (Å²) in [7, 11) is 0. The lowest BCUT2D eigenvalue weighted by molar-refractivity contribution is -0.139. The minimum atomic E-state index is -1.19. The molecule has 1 aromatic carbocycles. The summed E-state index contributed by atoms with van der Waals surface area (Å²) >= 11 is 0.972. The summed E-state index contributed by atoms with van der Waals surface area (Å²) in [6.07, 6.45) is 0. The van der Waals surface area contributed by atoms with Crippen molar-refractivity contribution in [2.45, 2.75) is 6.92 Å². The predicted octanol–water partition coefficient (Wildman–Crippen LogP) is 2.26. The van der Waals surface area contributed by atoms with E-state index < -0.39 is 18.5 Å². The standard InChI is InChI=1S/C13H11NO6S/c1-6(14-19)7-2-3-8-9(4-7)21-12(13(17)18)11(8)20-5-10(15)16/h2-4,19H,5H2,1H3,(H,15,16)(H,17,18). The molecule has 0 bridgehead atoms. The number of nitrogens with zero attached hydrogens (tertiary/aromatic N) is 1. The smallest absolute Gasteiger partial charge is 0.349 e. The molecule has 0 saturated carbocycles. The van der Waals surface area contributed by atoms with Crippen molar-refractivity contribution in [2.75, 3.05) is 6.61 Å². The molecular weight excluding hydrogens is 298 g/mol. The maximum atomic E-state index is 11.2. The Kier molecular flexibility index (Phi) is 4.08. The van der Waals surface area contributed by atoms with Crippen LogP contribution >= 0.6 is 11.3 Å². The lowest BCUT2D eigenvalue weighted by Gasteiger charge is -2.03. The number of hydrogen-bond acceptors (Lipinski definition) is 6. The van der Waals surface area contributed by atoms with Crippen LogP contribution in [0.5, 0.6) is 5.75 Å². The van der Waals surface area contributed by atoms with E-state index in [-0.39, 0.29) is 10.6 Å². The van der Waals surface area contributed by atoms with E-state index in [0.29, 0.717) is 21.4 Å². The molecule has 2 aromatic rings. The van der Waals surface area contributed by atoms with Crippen LogP contribution in [-0.4, -0.2) is 39.7 Å². The SMILES string of the molecule is CC(=NO)c1ccc2c(OCC(=O)O)c(C(=O)O)sc2c1. The molecule has 0 saturated heterocycles. The molecule has 7 nitrogen and oxygen atoms in total. The third-order valence-corrected chi connectivity index (χ3v) is 3.87. The molecule has 8 heteroatoms. The summed E-state index contributed by atoms with van der Waals surface area (Å²) in [5.41, 5.74) is 1.02. The number of thiophene rings is 1. The van der Waals surface area contributed by atoms with E-state index in [9.17, 15) is 14.7 Å². The van der Waals surface area contributed by atoms with E-state index in [4.69, 9.17) is 15.1 Å². The van der Waals surface area contributed by atoms with Gasteiger partial charge in [-0.3, -0.25) is 0 Å². The van der Waals surface area contributed by atoms with Crippen LogP contribution < -0.4 is 4.74 Å². The Morgan fingerprint density at radius 2 is 2.05 bits per heavy atom. The molecule has 2 rings (SSSR count). The van der Waals surface area contributed by atoms with Gasteiger partial charge in [0, 0.05) is 15.6 Å². The quantitative estimate of drug-likeness (QED) is 0.443. The number of oxime groups is 1. The second kappa shape index (κ2) is 5.80. The van der Waals surface area contributed by atoms with Gasteiger partial charge in [0.25, 0.3) is 0 Å². The summed E-state index contributed by atoms with van der Waals surface area (Å²) in [6, 6.07) is 4.91. The van der Waals surface area contributed by atoms with Crippen molar-refractivity contribution in [3.63, 3.8) is 0 Å². The zero-order valence-corrected chi connectivity index (χ0v) is 11.7. The molecule has 21 heavy (non-hydrogen) atoms. The Hall–Kier alpha value is -2.61. The first-order valence-corrected chi connectivity index (χ1v) is 6.59. The molecule has 110 valence electrons. The van der Waals surface area contributed by atoms with Crippen molar-refractivity contribution < 1.29 is 29.7 Å². The van der Waals surface area contributed by atoms with Crippen molar-refractivity contribution in [2.24, 2.45) is 5.16 Å². The van der Waals surface area contributed by atoms with Gasteiger partial charge in [-0.25, -0.2) is 9.59 Å². The first-order chi connectivity index (χ1) is 9.93. The summed E-state index contributed by atoms with van der Waals surface area (Å²) < 4.78 is 5.70. The highest BCUT2D eigenvalue weighted by Crippen LogP contribution is 2.38. The largest absolute Gasteiger partial charge is 0.479 e. The molecule has 0 aliphatic heterocycles. The van der Waals surface area contributed by atoms with Crippen LogP contribution in [0.3, 0.4) is 0 Å². The Labute approximate surface area is 122 Å². The van der Waals surface area contributed by atoms with Gasteiger partial charge in [0.05, 0.1) is 5.71 Å². The van der Waals surface area contributed by atoms with Gasteiger partial charge in [0.2, 0.25) is 0 Å². The van der Waals surface area contributed by atoms with Gasteiger partial charge in [-0.1, -0.05) is 11.2 Å². The predicted molar refractivity (Wildman–Crippen MR) is 75.9 cm³/mol. The van der Waals surface area contributed by atoms with Crippen molar-refractivity contribution in [3.05, 3.63) is 28.6 Å². The highest BCUT2D eigenvalue weighted by Gasteiger charge is 2.20. The number of aromatic carboxylic acids is 1. The number of fused-ring (bicyclic) bond motifs is 1. The molecule has 0 spiro atoms. The van der Waals surface area contributed by atoms with Gasteiger partial charge in [-0.2, -0.15) is 0 Å². The van der Waals surface area contributed by atoms with Crippen molar-refractivity contribution >= 4 is 39.1 Å². The molecule has 1 heterocycles. The fraction of sp³-hybridized carbons (Fsp3) is 0.154. The number of ether oxygens (including phenoxy) is 1. The maximum absolute atomic E-state index is 11.2. The Balaban J connectivity index is 2.57. The number of rotatable bonds is 5. The summed E-state index contributed by atoms with van der Waals surface area (Å²) in [6.45, 7) is 0.986. The van der Waals surface area contributed by atoms with Crippen LogP contribution in [0.4, 0.5) is 0 Å². The van der Waals surface area contributed by atoms with E-state index in [0.717, 1.165) is 11.3 Å². The van der Waals surface area contributed by atoms with Gasteiger partial charge in [0.15, 0.2) is 17.2 Å². The zero-order chi connectivity index (χ0) is 15.6. The highest BCUT2D eigenvalue weighted by atomic mass is 32.1. The van der Waals surface area contributed by atoms with Crippen LogP contribution in [0.15, 0.2) is 23.4 Å². The van der Waals surface area contributed by atoms with Crippen LogP contribution in [0.2, 0.25) is 0 Å². The second-order valence-electron chi connectivity index (χ2n) is 4.14. The van der Waals surface area contributed by atoms with E-state index >= 15 is 0 Å². The number of benzene rings is 1. The number of carbonyl (C=O) groups is 2. The molecule has 0 unspecified atom stereocenters. The van der Waals surface area contributed by atoms with E-state index in [1.807, 2.05) is 0 Å². The molecule has 0 aliphatic carbocycles. The first-order valence-electron chi connectivity index (χ1n) is 5.77. The lowest BCUT2D eigenvalue weighted by atomic mass is 10.1. The molecule has 0 radical (unpaired) electrons. The number of hydrogen-bond donors (Lipinski definition) is 3. The molecule has 1 aromatic heterocycles. The number of aliphatic carboxylic acids is 1. The van der Waals surface area contributed by atoms with Crippen LogP contribution in [0.25, 0.3) is 10.1 Å². The number of carboxylic acids is 2. The average Bonchev–Trinajstić information content (AvgIpc) is 2.82. The van der Waals surface area contributed by atoms with Crippen molar-refractivity contribution in [1.29, 1.82) is 0 Å². The number of carboxylic acid groups (broad SMARTS) is 2. The van der Waals surface area contributed by atoms with E-state index in [1.165, 1.54) is 0 Å². The fourth-order valence-corrected chi connectivity index (χ4v) is 2.80. The van der Waals surface area contributed by atoms with Gasteiger partial charge in [0.1, 0.15) is 0 Å². The monoisotopic (exact) mass is 309 g/mol. The van der Waals surface area contributed by atoms with E-state index in [2.05, 4.69) is 5.16 Å². The Morgan fingerprint density at radius 3 is 2.62 bits per heavy atom. The Bertz CT molecular complexity index is 748. The normalized spacial score (nSPS) is 11.6. The first kappa shape index (κ1) is 14.8. The van der Waals surface area contributed by atoms with Crippen molar-refractivity contribution in [1.82, 2.24) is 0 Å². The van der Waals surface area contributed by atoms with E-state index in [1.54, 1.807) is 25.1 Å². The summed E-state index contributed by atoms with van der Waals surface area (Å²) in [5.74, 6) is -2.34. The topological polar surface area (TPSA) is 116 Å². The molecule has 3 N–H and O–H groups in total. The maximum Gasteiger partial charge on any atom is 0.349 e. The molecular formula is C13H11NO6S. The third-order valence-electron chi connectivity index (χ3n) is 2.75. The summed E-state index contributed by atoms with van der Waals surface area (Å²) in [5, 5.41) is 30.2. The molecule has 0 amide bonds. The van der Waals surface area contributed by atoms with Crippen LogP contribution in [0, 0.1) is 0 Å². The zero-order valence-electron chi connectivity index (χ0n) is 10.9. The summed E-state index contributed by atoms with van der Waals surface area (Å²) in [4.78, 5) is 21.7. The lowest BCUT2D eigenvalue weighted by Crippen LogP contribution is -2.10. The minimum Gasteiger partial charge on any atom is -0.479 e. The molecule has 0 aliphatic rings. The Morgan fingerprint density at radius 1 is 1.33 bits per heavy atom. The van der Waals surface area contributed by atoms with Gasteiger partial charge in [-0.15, -0.1) is 11.3 Å². The second-order valence-corrected chi connectivity index (χ2v) is 5.20. The fourth-order valence-electron chi connectivity index (χ4n) is 1.77. The molecule has 0 fully saturated rings.